The van der Waals surface area contributed by atoms with Crippen LogP contribution < -0.4 is 89.4 Å². The average Bonchev–Trinajstić information content (AvgIpc) is 0.822. The average molecular weight is 2240 g/mol. The molecule has 6 aromatic heterocycles. The zero-order valence-electron chi connectivity index (χ0n) is 81.2. The van der Waals surface area contributed by atoms with E-state index in [0.717, 1.165) is 163 Å². The zero-order valence-corrected chi connectivity index (χ0v) is 88.7. The van der Waals surface area contributed by atoms with Gasteiger partial charge in [-0.3, -0.25) is 28.8 Å². The molecule has 0 radical (unpaired) electrons. The molecule has 0 fully saturated rings. The maximum Gasteiger partial charge on any atom is 0.227 e. The Labute approximate surface area is 900 Å². The predicted molar refractivity (Wildman–Crippen MR) is 567 cm³/mol. The fourth-order valence-corrected chi connectivity index (χ4v) is 14.3. The van der Waals surface area contributed by atoms with Crippen molar-refractivity contribution < 1.29 is 114 Å². The standard InChI is InChI=1S/2C20H24Cl2O5.C17H18Cl2O5.2C17H19ClO5.C16H16Cl2O5/c1-2-6-15-18(8-7-16(21)20(15)22)25-9-4-3-5-10-26-19-13-27-14(12-23)11-17(19)24;1-2-6-14-9-16(21)17(22)11-19(14)25-7-4-3-5-8-26-20-13-27-15(12-23)10-18(20)24;18-14-5-4-12(8-15(14)19)22-6-2-1-3-7-23-17-11-24-13(10-20)9-16(17)21;18-13-4-6-14(7-5-13)21-8-2-1-3-9-22-17-12-23-15(11-19)10-16(17)20;18-13-5-4-6-14(9-13)21-7-2-1-3-8-22-17-12-23-15(11-19)10-16(17)20;17-13-4-3-11(7-14(13)18)21-5-1-2-6-22-16-10-23-12(9-19)8-15(16)20/h7-8,11,13,23H,2-6,9-10,12H2,1H3;9-11,13,23H,2-8,12H2,1H3;4-5,8-9,11,20H,1-3,6-7,10H2;4-7,10,12,19H,1-3,8-9,11H2;4-6,9-10,12,19H,1-3,7-8,11H2;3-4,7-8,10,19H,1-2,5-6,9H2. The summed E-state index contributed by atoms with van der Waals surface area (Å²) >= 11 is 59.6. The van der Waals surface area contributed by atoms with Crippen LogP contribution in [0.1, 0.15) is 182 Å². The fraction of sp³-hybridized carbons (Fsp3) is 0.383. The van der Waals surface area contributed by atoms with Gasteiger partial charge in [0.25, 0.3) is 0 Å². The molecule has 0 spiro atoms. The molecule has 0 aliphatic rings. The summed E-state index contributed by atoms with van der Waals surface area (Å²) in [4.78, 5) is 69.9. The van der Waals surface area contributed by atoms with Gasteiger partial charge < -0.3 is 114 Å². The summed E-state index contributed by atoms with van der Waals surface area (Å²) in [6, 6.07) is 39.4. The summed E-state index contributed by atoms with van der Waals surface area (Å²) in [6.45, 7) is 8.23. The van der Waals surface area contributed by atoms with Crippen molar-refractivity contribution in [3.05, 3.63) is 340 Å². The molecule has 0 aliphatic carbocycles. The van der Waals surface area contributed by atoms with Crippen molar-refractivity contribution in [2.45, 2.75) is 188 Å². The predicted octanol–water partition coefficient (Wildman–Crippen LogP) is 24.6. The van der Waals surface area contributed by atoms with Gasteiger partial charge in [-0.25, -0.2) is 0 Å². The van der Waals surface area contributed by atoms with Crippen LogP contribution >= 0.6 is 116 Å². The Morgan fingerprint density at radius 2 is 0.483 bits per heavy atom. The number of hydrogen-bond donors (Lipinski definition) is 6. The van der Waals surface area contributed by atoms with Gasteiger partial charge in [-0.2, -0.15) is 0 Å². The molecule has 12 aromatic rings. The van der Waals surface area contributed by atoms with Crippen molar-refractivity contribution >= 4 is 116 Å². The number of rotatable bonds is 57. The molecule has 0 saturated carbocycles. The lowest BCUT2D eigenvalue weighted by Gasteiger charge is -2.13. The lowest BCUT2D eigenvalue weighted by molar-refractivity contribution is 0.234. The van der Waals surface area contributed by atoms with Crippen molar-refractivity contribution in [2.24, 2.45) is 0 Å². The molecule has 147 heavy (non-hydrogen) atoms. The van der Waals surface area contributed by atoms with Gasteiger partial charge in [0.1, 0.15) is 146 Å². The lowest BCUT2D eigenvalue weighted by Crippen LogP contribution is -2.09. The Morgan fingerprint density at radius 1 is 0.224 bits per heavy atom. The highest BCUT2D eigenvalue weighted by molar-refractivity contribution is 6.44. The molecule has 30 nitrogen and oxygen atoms in total. The molecule has 6 N–H and O–H groups in total. The quantitative estimate of drug-likeness (QED) is 0.0193. The molecule has 40 heteroatoms. The molecule has 0 atom stereocenters. The van der Waals surface area contributed by atoms with Crippen LogP contribution in [0.15, 0.2) is 238 Å². The lowest BCUT2D eigenvalue weighted by atomic mass is 10.1. The highest BCUT2D eigenvalue weighted by Gasteiger charge is 2.17. The van der Waals surface area contributed by atoms with Crippen LogP contribution in [0, 0.1) is 0 Å². The van der Waals surface area contributed by atoms with Crippen molar-refractivity contribution in [3.63, 3.8) is 0 Å². The van der Waals surface area contributed by atoms with E-state index in [2.05, 4.69) is 13.8 Å². The van der Waals surface area contributed by atoms with Gasteiger partial charge in [0.05, 0.1) is 119 Å². The maximum absolute atomic E-state index is 11.7. The molecule has 798 valence electrons. The number of ether oxygens (including phenoxy) is 12. The Morgan fingerprint density at radius 3 is 0.776 bits per heavy atom. The first-order valence-corrected chi connectivity index (χ1v) is 51.2. The number of aryl methyl sites for hydroxylation is 1. The number of aliphatic hydroxyl groups is 6. The molecule has 0 aliphatic heterocycles. The maximum atomic E-state index is 11.7. The monoisotopic (exact) mass is 2230 g/mol. The van der Waals surface area contributed by atoms with Crippen molar-refractivity contribution in [3.8, 4) is 69.0 Å². The van der Waals surface area contributed by atoms with E-state index in [-0.39, 0.29) is 141 Å². The smallest absolute Gasteiger partial charge is 0.227 e. The Bertz CT molecular complexity index is 6160. The largest absolute Gasteiger partial charge is 0.494 e. The van der Waals surface area contributed by atoms with E-state index in [9.17, 15) is 28.8 Å². The van der Waals surface area contributed by atoms with Crippen molar-refractivity contribution in [2.75, 3.05) is 79.3 Å². The van der Waals surface area contributed by atoms with Gasteiger partial charge >= 0.3 is 0 Å². The minimum Gasteiger partial charge on any atom is -0.494 e. The van der Waals surface area contributed by atoms with E-state index in [1.807, 2.05) is 36.4 Å². The second-order valence-electron chi connectivity index (χ2n) is 31.9. The minimum absolute atomic E-state index is 0.132. The van der Waals surface area contributed by atoms with Crippen LogP contribution in [0.5, 0.6) is 69.0 Å². The first kappa shape index (κ1) is 123. The first-order valence-electron chi connectivity index (χ1n) is 47.4. The van der Waals surface area contributed by atoms with Crippen LogP contribution in [0.2, 0.25) is 50.2 Å². The topological polar surface area (TPSA) is 413 Å². The normalized spacial score (nSPS) is 10.7. The molecule has 6 heterocycles. The first-order chi connectivity index (χ1) is 71.2. The third kappa shape index (κ3) is 48.2. The highest BCUT2D eigenvalue weighted by Crippen LogP contribution is 2.36. The molecular formula is C107H120Cl10O30. The Kier molecular flexibility index (Phi) is 60.2. The Hall–Kier alpha value is -10.7. The van der Waals surface area contributed by atoms with E-state index >= 15 is 0 Å². The molecule has 6 aromatic carbocycles. The third-order valence-electron chi connectivity index (χ3n) is 20.3. The second kappa shape index (κ2) is 71.8. The van der Waals surface area contributed by atoms with Gasteiger partial charge in [-0.15, -0.1) is 0 Å². The highest BCUT2D eigenvalue weighted by atomic mass is 35.5. The number of halogens is 10. The molecular weight excluding hydrogens is 2120 g/mol. The van der Waals surface area contributed by atoms with Crippen LogP contribution in [-0.4, -0.2) is 110 Å². The van der Waals surface area contributed by atoms with Crippen molar-refractivity contribution in [1.29, 1.82) is 0 Å². The fourth-order valence-electron chi connectivity index (χ4n) is 12.7. The number of aliphatic hydroxyl groups excluding tert-OH is 6. The van der Waals surface area contributed by atoms with Gasteiger partial charge in [0.15, 0.2) is 0 Å². The van der Waals surface area contributed by atoms with Gasteiger partial charge in [-0.05, 0) is 212 Å². The van der Waals surface area contributed by atoms with Crippen LogP contribution in [0.4, 0.5) is 0 Å². The molecule has 0 saturated heterocycles. The van der Waals surface area contributed by atoms with Crippen molar-refractivity contribution in [1.82, 2.24) is 0 Å². The SMILES string of the molecule is CCCc1c(OCCCCCOc2coc(CO)cc2=O)ccc(Cl)c1Cl.CCCc1cc(Cl)c(Cl)cc1OCCCCCOc1coc(CO)cc1=O.O=c1cc(CO)occ1OCCCCCOc1ccc(Cl)c(Cl)c1.O=c1cc(CO)occ1OCCCCCOc1ccc(Cl)cc1.O=c1cc(CO)occ1OCCCCCOc1cccc(Cl)c1.O=c1cc(CO)occ1OCCCCOc1ccc(Cl)c(Cl)c1. The van der Waals surface area contributed by atoms with Crippen LogP contribution in [0.25, 0.3) is 0 Å². The van der Waals surface area contributed by atoms with Crippen LogP contribution in [0.3, 0.4) is 0 Å². The summed E-state index contributed by atoms with van der Waals surface area (Å²) in [6.07, 6.45) is 25.3. The number of hydrogen-bond acceptors (Lipinski definition) is 30. The van der Waals surface area contributed by atoms with E-state index in [1.165, 1.54) is 74.0 Å². The summed E-state index contributed by atoms with van der Waals surface area (Å²) in [5, 5.41) is 58.6. The van der Waals surface area contributed by atoms with E-state index in [1.54, 1.807) is 72.8 Å². The number of benzene rings is 6. The second-order valence-corrected chi connectivity index (χ2v) is 36.0. The minimum atomic E-state index is -0.318. The molecule has 12 rings (SSSR count). The Balaban J connectivity index is 0.000000239. The van der Waals surface area contributed by atoms with Crippen LogP contribution in [-0.2, 0) is 52.5 Å². The van der Waals surface area contributed by atoms with E-state index in [0.29, 0.717) is 147 Å². The molecule has 0 amide bonds. The van der Waals surface area contributed by atoms with E-state index in [4.69, 9.17) is 230 Å². The summed E-state index contributed by atoms with van der Waals surface area (Å²) in [5.41, 5.74) is 0.242. The van der Waals surface area contributed by atoms with Gasteiger partial charge in [0, 0.05) is 70.2 Å². The summed E-state index contributed by atoms with van der Waals surface area (Å²) < 4.78 is 96.6. The number of unbranched alkanes of at least 4 members (excludes halogenated alkanes) is 11. The molecule has 0 unspecified atom stereocenters. The van der Waals surface area contributed by atoms with Gasteiger partial charge in [-0.1, -0.05) is 149 Å². The molecule has 0 bridgehead atoms. The third-order valence-corrected chi connectivity index (χ3v) is 23.9. The summed E-state index contributed by atoms with van der Waals surface area (Å²) in [5.74, 6) is 6.68. The zero-order chi connectivity index (χ0) is 106. The van der Waals surface area contributed by atoms with E-state index < -0.39 is 0 Å². The summed E-state index contributed by atoms with van der Waals surface area (Å²) in [7, 11) is 0. The van der Waals surface area contributed by atoms with Gasteiger partial charge in [0.2, 0.25) is 67.1 Å².